The van der Waals surface area contributed by atoms with E-state index >= 15 is 0 Å². The van der Waals surface area contributed by atoms with Crippen molar-refractivity contribution in [1.29, 1.82) is 0 Å². The quantitative estimate of drug-likeness (QED) is 0.590. The molecule has 1 aliphatic rings. The number of rotatable bonds is 2. The molecule has 0 heterocycles. The van der Waals surface area contributed by atoms with Crippen LogP contribution in [0.5, 0.6) is 0 Å². The van der Waals surface area contributed by atoms with Crippen LogP contribution in [0.2, 0.25) is 0 Å². The monoisotopic (exact) mass is 214 g/mol. The summed E-state index contributed by atoms with van der Waals surface area (Å²) in [7, 11) is 0. The Morgan fingerprint density at radius 3 is 2.60 bits per heavy atom. The highest BCUT2D eigenvalue weighted by Crippen LogP contribution is 2.46. The fourth-order valence-corrected chi connectivity index (χ4v) is 2.35. The molecule has 0 nitrogen and oxygen atoms in total. The van der Waals surface area contributed by atoms with Gasteiger partial charge in [0.25, 0.3) is 5.92 Å². The lowest BCUT2D eigenvalue weighted by Crippen LogP contribution is -2.30. The lowest BCUT2D eigenvalue weighted by Gasteiger charge is -2.40. The van der Waals surface area contributed by atoms with E-state index in [2.05, 4.69) is 13.5 Å². The van der Waals surface area contributed by atoms with Gasteiger partial charge in [-0.3, -0.25) is 0 Å². The molecule has 1 aliphatic carbocycles. The number of alkyl halides is 2. The van der Waals surface area contributed by atoms with Gasteiger partial charge in [-0.2, -0.15) is 0 Å². The number of allylic oxidation sites excluding steroid dienone is 3. The van der Waals surface area contributed by atoms with Crippen molar-refractivity contribution in [2.75, 3.05) is 0 Å². The van der Waals surface area contributed by atoms with Crippen molar-refractivity contribution < 1.29 is 8.78 Å². The van der Waals surface area contributed by atoms with Crippen LogP contribution in [-0.4, -0.2) is 5.92 Å². The zero-order valence-electron chi connectivity index (χ0n) is 9.82. The first-order valence-corrected chi connectivity index (χ1v) is 5.53. The van der Waals surface area contributed by atoms with Crippen molar-refractivity contribution in [2.24, 2.45) is 11.3 Å². The topological polar surface area (TPSA) is 0 Å². The molecule has 1 unspecified atom stereocenters. The average Bonchev–Trinajstić information content (AvgIpc) is 2.11. The van der Waals surface area contributed by atoms with Crippen LogP contribution in [0.4, 0.5) is 8.78 Å². The second-order valence-corrected chi connectivity index (χ2v) is 4.91. The van der Waals surface area contributed by atoms with Crippen LogP contribution >= 0.6 is 0 Å². The molecule has 2 atom stereocenters. The number of hydrogen-bond donors (Lipinski definition) is 0. The Kier molecular flexibility index (Phi) is 3.37. The Balaban J connectivity index is 3.05. The van der Waals surface area contributed by atoms with Crippen LogP contribution in [0.1, 0.15) is 40.0 Å². The Labute approximate surface area is 91.1 Å². The largest absolute Gasteiger partial charge is 0.264 e. The fourth-order valence-electron chi connectivity index (χ4n) is 2.35. The van der Waals surface area contributed by atoms with Gasteiger partial charge < -0.3 is 0 Å². The first-order valence-electron chi connectivity index (χ1n) is 5.53. The molecular formula is C13H20F2. The summed E-state index contributed by atoms with van der Waals surface area (Å²) in [4.78, 5) is 0. The van der Waals surface area contributed by atoms with Crippen molar-refractivity contribution in [3.05, 3.63) is 24.3 Å². The molecule has 0 radical (unpaired) electrons. The maximum absolute atomic E-state index is 13.0. The van der Waals surface area contributed by atoms with Crippen LogP contribution in [0.15, 0.2) is 24.3 Å². The van der Waals surface area contributed by atoms with Gasteiger partial charge in [-0.05, 0) is 31.3 Å². The summed E-state index contributed by atoms with van der Waals surface area (Å²) in [6.45, 7) is 8.88. The van der Waals surface area contributed by atoms with Gasteiger partial charge in [0.15, 0.2) is 0 Å². The maximum atomic E-state index is 13.0. The first-order chi connectivity index (χ1) is 6.79. The molecule has 1 rings (SSSR count). The van der Waals surface area contributed by atoms with Crippen LogP contribution in [-0.2, 0) is 0 Å². The Morgan fingerprint density at radius 2 is 2.13 bits per heavy atom. The molecule has 0 saturated heterocycles. The molecule has 0 aliphatic heterocycles. The molecule has 0 spiro atoms. The summed E-state index contributed by atoms with van der Waals surface area (Å²) >= 11 is 0. The summed E-state index contributed by atoms with van der Waals surface area (Å²) in [5.74, 6) is -2.31. The predicted octanol–water partition coefficient (Wildman–Crippen LogP) is 4.58. The molecule has 1 fully saturated rings. The summed E-state index contributed by atoms with van der Waals surface area (Å²) in [6, 6.07) is 0. The third-order valence-corrected chi connectivity index (χ3v) is 3.65. The zero-order valence-corrected chi connectivity index (χ0v) is 9.82. The molecular weight excluding hydrogens is 194 g/mol. The highest BCUT2D eigenvalue weighted by Gasteiger charge is 2.36. The van der Waals surface area contributed by atoms with Gasteiger partial charge in [-0.25, -0.2) is 8.78 Å². The van der Waals surface area contributed by atoms with Gasteiger partial charge in [0.05, 0.1) is 0 Å². The van der Waals surface area contributed by atoms with Crippen molar-refractivity contribution in [1.82, 2.24) is 0 Å². The molecule has 0 bridgehead atoms. The fraction of sp³-hybridized carbons (Fsp3) is 0.692. The van der Waals surface area contributed by atoms with Gasteiger partial charge in [0.2, 0.25) is 0 Å². The molecule has 0 amide bonds. The van der Waals surface area contributed by atoms with Gasteiger partial charge >= 0.3 is 0 Å². The molecule has 0 N–H and O–H groups in total. The number of hydrogen-bond acceptors (Lipinski definition) is 0. The normalized spacial score (nSPS) is 35.5. The number of halogens is 2. The molecule has 15 heavy (non-hydrogen) atoms. The van der Waals surface area contributed by atoms with Gasteiger partial charge in [0, 0.05) is 12.3 Å². The summed E-state index contributed by atoms with van der Waals surface area (Å²) < 4.78 is 26.0. The van der Waals surface area contributed by atoms with Crippen LogP contribution in [0.25, 0.3) is 0 Å². The van der Waals surface area contributed by atoms with Gasteiger partial charge in [-0.1, -0.05) is 25.5 Å². The lowest BCUT2D eigenvalue weighted by molar-refractivity contribution is 0.0733. The van der Waals surface area contributed by atoms with Gasteiger partial charge in [-0.15, -0.1) is 6.58 Å². The van der Waals surface area contributed by atoms with Crippen molar-refractivity contribution in [3.63, 3.8) is 0 Å². The molecule has 0 aromatic heterocycles. The van der Waals surface area contributed by atoms with Crippen molar-refractivity contribution in [3.8, 4) is 0 Å². The van der Waals surface area contributed by atoms with E-state index in [9.17, 15) is 8.78 Å². The highest BCUT2D eigenvalue weighted by molar-refractivity contribution is 5.25. The minimum Gasteiger partial charge on any atom is -0.202 e. The van der Waals surface area contributed by atoms with E-state index in [0.717, 1.165) is 37.8 Å². The third kappa shape index (κ3) is 2.67. The van der Waals surface area contributed by atoms with Crippen LogP contribution < -0.4 is 0 Å². The standard InChI is InChI=1S/C13H20F2/c1-5-12(3)10(2)7-6-8-11(12)9-13(4,14)15/h5,9-10H,1,6-8H2,2-4H3/b11-9-/t10?,12-/m1/s1. The van der Waals surface area contributed by atoms with E-state index in [1.54, 1.807) is 0 Å². The summed E-state index contributed by atoms with van der Waals surface area (Å²) in [6.07, 6.45) is 5.83. The van der Waals surface area contributed by atoms with Crippen molar-refractivity contribution >= 4 is 0 Å². The predicted molar refractivity (Wildman–Crippen MR) is 60.0 cm³/mol. The van der Waals surface area contributed by atoms with E-state index in [1.165, 1.54) is 0 Å². The zero-order chi connectivity index (χ0) is 11.7. The average molecular weight is 214 g/mol. The molecule has 2 heteroatoms. The Bertz CT molecular complexity index is 273. The Morgan fingerprint density at radius 1 is 1.53 bits per heavy atom. The SMILES string of the molecule is C=C[C@@]1(C)/C(=C\C(C)(F)F)CCCC1C. The second kappa shape index (κ2) is 4.07. The second-order valence-electron chi connectivity index (χ2n) is 4.91. The van der Waals surface area contributed by atoms with E-state index in [1.807, 2.05) is 13.0 Å². The highest BCUT2D eigenvalue weighted by atomic mass is 19.3. The van der Waals surface area contributed by atoms with E-state index in [-0.39, 0.29) is 5.41 Å². The Hall–Kier alpha value is -0.660. The maximum Gasteiger partial charge on any atom is 0.264 e. The van der Waals surface area contributed by atoms with Crippen molar-refractivity contribution in [2.45, 2.75) is 46.0 Å². The van der Waals surface area contributed by atoms with Gasteiger partial charge in [0.1, 0.15) is 0 Å². The molecule has 1 saturated carbocycles. The lowest BCUT2D eigenvalue weighted by atomic mass is 9.65. The van der Waals surface area contributed by atoms with Crippen LogP contribution in [0.3, 0.4) is 0 Å². The molecule has 0 aromatic carbocycles. The first kappa shape index (κ1) is 12.4. The minimum atomic E-state index is -2.71. The van der Waals surface area contributed by atoms with E-state index in [0.29, 0.717) is 5.92 Å². The van der Waals surface area contributed by atoms with E-state index in [4.69, 9.17) is 0 Å². The third-order valence-electron chi connectivity index (χ3n) is 3.65. The van der Waals surface area contributed by atoms with E-state index < -0.39 is 5.92 Å². The molecule has 0 aromatic rings. The summed E-state index contributed by atoms with van der Waals surface area (Å²) in [5, 5.41) is 0. The molecule has 86 valence electrons. The minimum absolute atomic E-state index is 0.252. The smallest absolute Gasteiger partial charge is 0.202 e. The van der Waals surface area contributed by atoms with Crippen LogP contribution in [0, 0.1) is 11.3 Å². The summed E-state index contributed by atoms with van der Waals surface area (Å²) in [5.41, 5.74) is 0.598.